The highest BCUT2D eigenvalue weighted by molar-refractivity contribution is 5.13. The molecule has 0 aromatic carbocycles. The lowest BCUT2D eigenvalue weighted by molar-refractivity contribution is -0.220. The predicted octanol–water partition coefficient (Wildman–Crippen LogP) is 5.09. The van der Waals surface area contributed by atoms with Gasteiger partial charge in [0.25, 0.3) is 0 Å². The Morgan fingerprint density at radius 1 is 1.07 bits per heavy atom. The number of aliphatic hydroxyl groups excluding tert-OH is 1. The topological polar surface area (TPSA) is 53.2 Å². The minimum absolute atomic E-state index is 0.0789. The maximum atomic E-state index is 12.7. The Morgan fingerprint density at radius 2 is 1.79 bits per heavy atom. The summed E-state index contributed by atoms with van der Waals surface area (Å²) < 4.78 is 43.2. The Morgan fingerprint density at radius 3 is 2.46 bits per heavy atom. The second kappa shape index (κ2) is 6.87. The van der Waals surface area contributed by atoms with Crippen molar-refractivity contribution in [2.75, 3.05) is 6.61 Å². The van der Waals surface area contributed by atoms with E-state index in [4.69, 9.17) is 4.74 Å². The van der Waals surface area contributed by atoms with Gasteiger partial charge in [-0.3, -0.25) is 0 Å². The van der Waals surface area contributed by atoms with Crippen LogP contribution in [0.15, 0.2) is 0 Å². The molecule has 0 aliphatic heterocycles. The summed E-state index contributed by atoms with van der Waals surface area (Å²) in [5.74, 6) is 2.06. The number of aliphatic hydroxyl groups is 1. The lowest BCUT2D eigenvalue weighted by atomic mass is 9.44. The van der Waals surface area contributed by atoms with Crippen molar-refractivity contribution in [1.82, 2.24) is 0 Å². The van der Waals surface area contributed by atoms with E-state index in [1.807, 2.05) is 0 Å². The molecule has 0 saturated heterocycles. The smallest absolute Gasteiger partial charge is 0.390 e. The number of rotatable bonds is 2. The van der Waals surface area contributed by atoms with Crippen molar-refractivity contribution >= 4 is 0 Å². The number of ether oxygens (including phenoxy) is 1. The molecule has 4 fully saturated rings. The third-order valence-corrected chi connectivity index (χ3v) is 9.28. The number of hydrogen-bond acceptors (Lipinski definition) is 3. The van der Waals surface area contributed by atoms with Gasteiger partial charge < -0.3 is 9.84 Å². The Hall–Kier alpha value is -0.800. The van der Waals surface area contributed by atoms with Gasteiger partial charge in [-0.25, -0.2) is 0 Å². The average molecular weight is 399 g/mol. The quantitative estimate of drug-likeness (QED) is 0.704. The van der Waals surface area contributed by atoms with Gasteiger partial charge in [0.05, 0.1) is 24.2 Å². The van der Waals surface area contributed by atoms with Crippen molar-refractivity contribution in [3.8, 4) is 6.07 Å². The van der Waals surface area contributed by atoms with Gasteiger partial charge in [0.1, 0.15) is 6.61 Å². The molecule has 1 N–H and O–H groups in total. The van der Waals surface area contributed by atoms with Gasteiger partial charge in [0, 0.05) is 0 Å². The molecule has 6 heteroatoms. The summed E-state index contributed by atoms with van der Waals surface area (Å²) in [4.78, 5) is 0. The molecule has 4 saturated carbocycles. The molecule has 0 amide bonds. The van der Waals surface area contributed by atoms with Crippen LogP contribution in [0, 0.1) is 51.8 Å². The van der Waals surface area contributed by atoms with Crippen molar-refractivity contribution in [2.24, 2.45) is 40.4 Å². The van der Waals surface area contributed by atoms with E-state index in [2.05, 4.69) is 19.9 Å². The molecule has 0 spiro atoms. The molecule has 0 heterocycles. The van der Waals surface area contributed by atoms with Crippen LogP contribution in [0.3, 0.4) is 0 Å². The molecule has 0 aromatic rings. The fourth-order valence-electron chi connectivity index (χ4n) is 7.84. The number of nitrogens with zero attached hydrogens (tertiary/aromatic N) is 1. The molecule has 4 aliphatic rings. The van der Waals surface area contributed by atoms with Crippen LogP contribution >= 0.6 is 0 Å². The molecular formula is C22H32F3NO2. The first kappa shape index (κ1) is 20.5. The Bertz CT molecular complexity index is 647. The number of hydrogen-bond donors (Lipinski definition) is 1. The summed E-state index contributed by atoms with van der Waals surface area (Å²) in [7, 11) is 0. The highest BCUT2D eigenvalue weighted by atomic mass is 19.4. The van der Waals surface area contributed by atoms with Crippen LogP contribution in [0.25, 0.3) is 0 Å². The van der Waals surface area contributed by atoms with E-state index >= 15 is 0 Å². The normalized spacial score (nSPS) is 51.0. The minimum Gasteiger partial charge on any atom is -0.390 e. The fraction of sp³-hybridized carbons (Fsp3) is 0.955. The third-order valence-electron chi connectivity index (χ3n) is 9.28. The summed E-state index contributed by atoms with van der Waals surface area (Å²) in [6.07, 6.45) is 1.49. The second-order valence-electron chi connectivity index (χ2n) is 10.4. The molecular weight excluding hydrogens is 367 g/mol. The van der Waals surface area contributed by atoms with Crippen LogP contribution in [-0.2, 0) is 4.74 Å². The molecule has 9 atom stereocenters. The van der Waals surface area contributed by atoms with Crippen molar-refractivity contribution in [2.45, 2.75) is 83.6 Å². The summed E-state index contributed by atoms with van der Waals surface area (Å²) in [5.41, 5.74) is 0.0178. The van der Waals surface area contributed by atoms with Gasteiger partial charge in [-0.15, -0.1) is 0 Å². The molecule has 0 unspecified atom stereocenters. The maximum Gasteiger partial charge on any atom is 0.411 e. The van der Waals surface area contributed by atoms with Gasteiger partial charge in [0.2, 0.25) is 0 Å². The van der Waals surface area contributed by atoms with Crippen LogP contribution in [0.2, 0.25) is 0 Å². The molecule has 0 bridgehead atoms. The largest absolute Gasteiger partial charge is 0.411 e. The van der Waals surface area contributed by atoms with Crippen LogP contribution in [0.4, 0.5) is 13.2 Å². The van der Waals surface area contributed by atoms with Gasteiger partial charge >= 0.3 is 6.18 Å². The van der Waals surface area contributed by atoms with E-state index in [-0.39, 0.29) is 16.7 Å². The van der Waals surface area contributed by atoms with Crippen molar-refractivity contribution in [3.05, 3.63) is 0 Å². The van der Waals surface area contributed by atoms with Crippen LogP contribution < -0.4 is 0 Å². The summed E-state index contributed by atoms with van der Waals surface area (Å²) in [6, 6.07) is 2.55. The summed E-state index contributed by atoms with van der Waals surface area (Å²) in [5, 5.41) is 20.1. The van der Waals surface area contributed by atoms with Gasteiger partial charge in [-0.05, 0) is 85.9 Å². The van der Waals surface area contributed by atoms with E-state index < -0.39 is 25.0 Å². The number of fused-ring (bicyclic) bond motifs is 5. The molecule has 0 radical (unpaired) electrons. The summed E-state index contributed by atoms with van der Waals surface area (Å²) >= 11 is 0. The van der Waals surface area contributed by atoms with Gasteiger partial charge in [-0.2, -0.15) is 18.4 Å². The first-order valence-corrected chi connectivity index (χ1v) is 10.8. The van der Waals surface area contributed by atoms with Crippen molar-refractivity contribution in [1.29, 1.82) is 5.26 Å². The predicted molar refractivity (Wildman–Crippen MR) is 98.0 cm³/mol. The van der Waals surface area contributed by atoms with E-state index in [1.165, 1.54) is 0 Å². The number of halogens is 3. The fourth-order valence-corrected chi connectivity index (χ4v) is 7.84. The molecule has 158 valence electrons. The first-order valence-electron chi connectivity index (χ1n) is 10.8. The Labute approximate surface area is 165 Å². The molecule has 4 rings (SSSR count). The van der Waals surface area contributed by atoms with Gasteiger partial charge in [0.15, 0.2) is 0 Å². The number of nitriles is 1. The molecule has 0 aromatic heterocycles. The summed E-state index contributed by atoms with van der Waals surface area (Å²) in [6.45, 7) is 3.25. The maximum absolute atomic E-state index is 12.7. The zero-order valence-electron chi connectivity index (χ0n) is 16.8. The lowest BCUT2D eigenvalue weighted by Gasteiger charge is -2.61. The van der Waals surface area contributed by atoms with Gasteiger partial charge in [-0.1, -0.05) is 13.8 Å². The van der Waals surface area contributed by atoms with Crippen LogP contribution in [0.5, 0.6) is 0 Å². The zero-order chi connectivity index (χ0) is 20.3. The highest BCUT2D eigenvalue weighted by Gasteiger charge is 2.61. The first-order chi connectivity index (χ1) is 13.1. The van der Waals surface area contributed by atoms with Crippen LogP contribution in [-0.4, -0.2) is 30.1 Å². The van der Waals surface area contributed by atoms with E-state index in [9.17, 15) is 23.5 Å². The molecule has 3 nitrogen and oxygen atoms in total. The zero-order valence-corrected chi connectivity index (χ0v) is 16.8. The SMILES string of the molecule is C[C@]12C[C@H](OCC(F)(F)F)[C@@H](O)C[C@@H]1CC[C@@H]1[C@@H]2CC[C@]2(C)[C@@H](C#N)CC[C@@H]12. The Balaban J connectivity index is 1.54. The average Bonchev–Trinajstić information content (AvgIpc) is 2.96. The van der Waals surface area contributed by atoms with Crippen molar-refractivity contribution in [3.63, 3.8) is 0 Å². The standard InChI is InChI=1S/C22H32F3NO2/c1-20-8-7-17-15(16(20)6-4-14(20)11-26)5-3-13-9-18(27)19(10-21(13,17)2)28-12-22(23,24)25/h13-19,27H,3-10,12H2,1-2H3/t13-,14+,15-,16-,17-,18-,19-,20+,21-/m0/s1. The molecule has 28 heavy (non-hydrogen) atoms. The number of alkyl halides is 3. The second-order valence-corrected chi connectivity index (χ2v) is 10.4. The monoisotopic (exact) mass is 399 g/mol. The van der Waals surface area contributed by atoms with E-state index in [0.29, 0.717) is 36.5 Å². The van der Waals surface area contributed by atoms with Crippen molar-refractivity contribution < 1.29 is 23.0 Å². The lowest BCUT2D eigenvalue weighted by Crippen LogP contribution is -2.57. The molecule has 4 aliphatic carbocycles. The highest BCUT2D eigenvalue weighted by Crippen LogP contribution is 2.67. The van der Waals surface area contributed by atoms with E-state index in [1.54, 1.807) is 0 Å². The Kier molecular flexibility index (Phi) is 5.03. The third kappa shape index (κ3) is 3.17. The van der Waals surface area contributed by atoms with E-state index in [0.717, 1.165) is 38.5 Å². The minimum atomic E-state index is -4.37. The van der Waals surface area contributed by atoms with Crippen LogP contribution in [0.1, 0.15) is 65.2 Å².